The maximum Gasteiger partial charge on any atom is 0.239 e. The quantitative estimate of drug-likeness (QED) is 0.719. The highest BCUT2D eigenvalue weighted by molar-refractivity contribution is 7.99. The van der Waals surface area contributed by atoms with Crippen molar-refractivity contribution in [2.75, 3.05) is 0 Å². The zero-order valence-corrected chi connectivity index (χ0v) is 14.7. The van der Waals surface area contributed by atoms with Crippen LogP contribution in [0.15, 0.2) is 33.9 Å². The predicted octanol–water partition coefficient (Wildman–Crippen LogP) is 2.90. The van der Waals surface area contributed by atoms with E-state index in [1.807, 2.05) is 27.7 Å². The van der Waals surface area contributed by atoms with Gasteiger partial charge in [-0.2, -0.15) is 9.67 Å². The SMILES string of the molecule is CC(Sc1nnnn1-c1ccc(O)cc1)c1nc(C(C)(C)C)no1. The van der Waals surface area contributed by atoms with Crippen molar-refractivity contribution in [3.63, 3.8) is 0 Å². The Morgan fingerprint density at radius 2 is 1.92 bits per heavy atom. The Balaban J connectivity index is 1.80. The predicted molar refractivity (Wildman–Crippen MR) is 88.1 cm³/mol. The Morgan fingerprint density at radius 3 is 2.54 bits per heavy atom. The highest BCUT2D eigenvalue weighted by atomic mass is 32.2. The number of rotatable bonds is 4. The summed E-state index contributed by atoms with van der Waals surface area (Å²) in [4.78, 5) is 4.47. The fourth-order valence-electron chi connectivity index (χ4n) is 1.92. The van der Waals surface area contributed by atoms with E-state index < -0.39 is 0 Å². The molecule has 0 radical (unpaired) electrons. The molecule has 1 atom stereocenters. The number of phenolic OH excluding ortho intramolecular Hbond substituents is 1. The molecule has 0 fully saturated rings. The summed E-state index contributed by atoms with van der Waals surface area (Å²) in [6, 6.07) is 6.65. The highest BCUT2D eigenvalue weighted by Gasteiger charge is 2.24. The van der Waals surface area contributed by atoms with Crippen LogP contribution in [-0.2, 0) is 5.41 Å². The molecule has 0 saturated carbocycles. The van der Waals surface area contributed by atoms with E-state index in [0.717, 1.165) is 5.69 Å². The first-order chi connectivity index (χ1) is 11.3. The molecule has 0 bridgehead atoms. The molecule has 2 heterocycles. The van der Waals surface area contributed by atoms with Gasteiger partial charge in [0.05, 0.1) is 10.9 Å². The monoisotopic (exact) mass is 346 g/mol. The van der Waals surface area contributed by atoms with Gasteiger partial charge in [-0.1, -0.05) is 37.7 Å². The maximum absolute atomic E-state index is 9.39. The van der Waals surface area contributed by atoms with Gasteiger partial charge in [0.2, 0.25) is 11.0 Å². The third-order valence-electron chi connectivity index (χ3n) is 3.28. The lowest BCUT2D eigenvalue weighted by Gasteiger charge is -2.11. The van der Waals surface area contributed by atoms with Crippen LogP contribution >= 0.6 is 11.8 Å². The van der Waals surface area contributed by atoms with Crippen molar-refractivity contribution in [3.8, 4) is 11.4 Å². The van der Waals surface area contributed by atoms with Crippen molar-refractivity contribution in [1.82, 2.24) is 30.3 Å². The average molecular weight is 346 g/mol. The summed E-state index contributed by atoms with van der Waals surface area (Å²) in [6.07, 6.45) is 0. The molecular weight excluding hydrogens is 328 g/mol. The van der Waals surface area contributed by atoms with Crippen LogP contribution in [0.2, 0.25) is 0 Å². The van der Waals surface area contributed by atoms with Crippen molar-refractivity contribution in [2.24, 2.45) is 0 Å². The van der Waals surface area contributed by atoms with Crippen LogP contribution in [0.5, 0.6) is 5.75 Å². The molecule has 3 aromatic rings. The van der Waals surface area contributed by atoms with E-state index in [1.165, 1.54) is 11.8 Å². The smallest absolute Gasteiger partial charge is 0.239 e. The Kier molecular flexibility index (Phi) is 4.27. The van der Waals surface area contributed by atoms with Crippen LogP contribution < -0.4 is 0 Å². The van der Waals surface area contributed by atoms with Crippen molar-refractivity contribution in [1.29, 1.82) is 0 Å². The standard InChI is InChI=1S/C15H18N6O2S/c1-9(12-16-13(18-23-12)15(2,3)4)24-14-17-19-20-21(14)10-5-7-11(22)8-6-10/h5-9,22H,1-4H3. The number of hydrogen-bond donors (Lipinski definition) is 1. The molecule has 1 unspecified atom stereocenters. The second kappa shape index (κ2) is 6.23. The number of aromatic hydroxyl groups is 1. The van der Waals surface area contributed by atoms with Gasteiger partial charge < -0.3 is 9.63 Å². The molecule has 3 rings (SSSR count). The number of aromatic nitrogens is 6. The lowest BCUT2D eigenvalue weighted by molar-refractivity contribution is 0.364. The second-order valence-electron chi connectivity index (χ2n) is 6.36. The minimum Gasteiger partial charge on any atom is -0.508 e. The van der Waals surface area contributed by atoms with Gasteiger partial charge in [0.15, 0.2) is 5.82 Å². The topological polar surface area (TPSA) is 103 Å². The van der Waals surface area contributed by atoms with E-state index >= 15 is 0 Å². The van der Waals surface area contributed by atoms with Crippen LogP contribution in [0.1, 0.15) is 44.7 Å². The lowest BCUT2D eigenvalue weighted by atomic mass is 9.96. The largest absolute Gasteiger partial charge is 0.508 e. The van der Waals surface area contributed by atoms with E-state index in [9.17, 15) is 5.11 Å². The van der Waals surface area contributed by atoms with E-state index in [-0.39, 0.29) is 16.4 Å². The number of thioether (sulfide) groups is 1. The van der Waals surface area contributed by atoms with Crippen LogP contribution in [-0.4, -0.2) is 35.5 Å². The molecule has 0 aliphatic rings. The Hall–Kier alpha value is -2.42. The summed E-state index contributed by atoms with van der Waals surface area (Å²) in [5, 5.41) is 25.7. The van der Waals surface area contributed by atoms with Gasteiger partial charge in [0, 0.05) is 5.41 Å². The molecule has 0 aliphatic carbocycles. The lowest BCUT2D eigenvalue weighted by Crippen LogP contribution is -2.13. The summed E-state index contributed by atoms with van der Waals surface area (Å²) in [5.74, 6) is 1.39. The Morgan fingerprint density at radius 1 is 1.21 bits per heavy atom. The molecule has 9 heteroatoms. The van der Waals surface area contributed by atoms with Gasteiger partial charge in [-0.25, -0.2) is 0 Å². The van der Waals surface area contributed by atoms with Crippen molar-refractivity contribution < 1.29 is 9.63 Å². The number of phenols is 1. The summed E-state index contributed by atoms with van der Waals surface area (Å²) < 4.78 is 6.97. The normalized spacial score (nSPS) is 13.2. The number of tetrazole rings is 1. The fourth-order valence-corrected chi connectivity index (χ4v) is 2.76. The molecule has 0 spiro atoms. The van der Waals surface area contributed by atoms with E-state index in [0.29, 0.717) is 16.9 Å². The molecule has 0 aliphatic heterocycles. The van der Waals surface area contributed by atoms with E-state index in [1.54, 1.807) is 28.9 Å². The highest BCUT2D eigenvalue weighted by Crippen LogP contribution is 2.34. The number of hydrogen-bond acceptors (Lipinski definition) is 8. The first kappa shape index (κ1) is 16.4. The molecule has 0 amide bonds. The van der Waals surface area contributed by atoms with Gasteiger partial charge in [-0.3, -0.25) is 0 Å². The van der Waals surface area contributed by atoms with Gasteiger partial charge in [-0.05, 0) is 41.6 Å². The molecule has 1 aromatic carbocycles. The van der Waals surface area contributed by atoms with Crippen molar-refractivity contribution in [3.05, 3.63) is 36.0 Å². The van der Waals surface area contributed by atoms with Crippen LogP contribution in [0, 0.1) is 0 Å². The van der Waals surface area contributed by atoms with Gasteiger partial charge in [0.1, 0.15) is 5.75 Å². The molecular formula is C15H18N6O2S. The molecule has 2 aromatic heterocycles. The number of benzene rings is 1. The second-order valence-corrected chi connectivity index (χ2v) is 7.66. The summed E-state index contributed by atoms with van der Waals surface area (Å²) in [5.41, 5.74) is 0.591. The summed E-state index contributed by atoms with van der Waals surface area (Å²) >= 11 is 1.42. The van der Waals surface area contributed by atoms with E-state index in [4.69, 9.17) is 4.52 Å². The maximum atomic E-state index is 9.39. The van der Waals surface area contributed by atoms with Crippen LogP contribution in [0.4, 0.5) is 0 Å². The molecule has 24 heavy (non-hydrogen) atoms. The Labute approximate surface area is 143 Å². The van der Waals surface area contributed by atoms with Crippen LogP contribution in [0.25, 0.3) is 5.69 Å². The fraction of sp³-hybridized carbons (Fsp3) is 0.400. The van der Waals surface area contributed by atoms with Gasteiger partial charge >= 0.3 is 0 Å². The van der Waals surface area contributed by atoms with Crippen molar-refractivity contribution >= 4 is 11.8 Å². The molecule has 0 saturated heterocycles. The zero-order valence-electron chi connectivity index (χ0n) is 13.8. The Bertz CT molecular complexity index is 821. The van der Waals surface area contributed by atoms with Crippen LogP contribution in [0.3, 0.4) is 0 Å². The van der Waals surface area contributed by atoms with Crippen molar-refractivity contribution in [2.45, 2.75) is 43.5 Å². The third-order valence-corrected chi connectivity index (χ3v) is 4.30. The average Bonchev–Trinajstić information content (AvgIpc) is 3.16. The zero-order chi connectivity index (χ0) is 17.3. The third kappa shape index (κ3) is 3.40. The first-order valence-corrected chi connectivity index (χ1v) is 8.31. The minimum atomic E-state index is -0.167. The van der Waals surface area contributed by atoms with E-state index in [2.05, 4.69) is 25.7 Å². The first-order valence-electron chi connectivity index (χ1n) is 7.43. The molecule has 8 nitrogen and oxygen atoms in total. The molecule has 126 valence electrons. The van der Waals surface area contributed by atoms with Gasteiger partial charge in [-0.15, -0.1) is 5.10 Å². The minimum absolute atomic E-state index is 0.101. The summed E-state index contributed by atoms with van der Waals surface area (Å²) in [6.45, 7) is 8.06. The summed E-state index contributed by atoms with van der Waals surface area (Å²) in [7, 11) is 0. The van der Waals surface area contributed by atoms with Gasteiger partial charge in [0.25, 0.3) is 0 Å². The number of nitrogens with zero attached hydrogens (tertiary/aromatic N) is 6. The molecule has 1 N–H and O–H groups in total.